The van der Waals surface area contributed by atoms with Gasteiger partial charge in [-0.15, -0.1) is 16.7 Å². The summed E-state index contributed by atoms with van der Waals surface area (Å²) in [5.74, 6) is 0.602. The van der Waals surface area contributed by atoms with Crippen LogP contribution in [0.3, 0.4) is 0 Å². The lowest BCUT2D eigenvalue weighted by atomic mass is 9.86. The van der Waals surface area contributed by atoms with Gasteiger partial charge in [-0.1, -0.05) is 6.42 Å². The lowest BCUT2D eigenvalue weighted by Gasteiger charge is -2.26. The number of halogens is 1. The molecule has 1 aliphatic carbocycles. The van der Waals surface area contributed by atoms with E-state index in [1.165, 1.54) is 25.5 Å². The first-order valence-electron chi connectivity index (χ1n) is 4.69. The summed E-state index contributed by atoms with van der Waals surface area (Å²) in [4.78, 5) is 11.0. The molecule has 1 aliphatic heterocycles. The van der Waals surface area contributed by atoms with E-state index in [1.807, 2.05) is 0 Å². The van der Waals surface area contributed by atoms with Crippen molar-refractivity contribution in [1.82, 2.24) is 0 Å². The highest BCUT2D eigenvalue weighted by Crippen LogP contribution is 2.28. The van der Waals surface area contributed by atoms with Crippen LogP contribution in [0.15, 0.2) is 22.2 Å². The summed E-state index contributed by atoms with van der Waals surface area (Å²) in [7, 11) is 0. The van der Waals surface area contributed by atoms with E-state index in [9.17, 15) is 4.79 Å². The number of hydrogen-bond donors (Lipinski definition) is 0. The molecule has 0 aromatic carbocycles. The van der Waals surface area contributed by atoms with Gasteiger partial charge in [-0.25, -0.2) is 0 Å². The number of amides is 1. The fourth-order valence-corrected chi connectivity index (χ4v) is 1.53. The molecule has 2 rings (SSSR count). The zero-order valence-electron chi connectivity index (χ0n) is 7.65. The van der Waals surface area contributed by atoms with E-state index in [2.05, 4.69) is 10.2 Å². The average Bonchev–Trinajstić information content (AvgIpc) is 2.09. The van der Waals surface area contributed by atoms with Crippen LogP contribution in [-0.2, 0) is 9.53 Å². The molecule has 4 nitrogen and oxygen atoms in total. The predicted molar refractivity (Wildman–Crippen MR) is 50.9 cm³/mol. The number of alkyl halides is 1. The molecule has 76 valence electrons. The summed E-state index contributed by atoms with van der Waals surface area (Å²) in [6.07, 6.45) is 5.10. The highest BCUT2D eigenvalue weighted by molar-refractivity contribution is 6.32. The van der Waals surface area contributed by atoms with Crippen LogP contribution in [0, 0.1) is 5.92 Å². The van der Waals surface area contributed by atoms with E-state index >= 15 is 0 Å². The monoisotopic (exact) mass is 214 g/mol. The first-order chi connectivity index (χ1) is 6.77. The van der Waals surface area contributed by atoms with Crippen molar-refractivity contribution >= 4 is 17.5 Å². The molecule has 1 unspecified atom stereocenters. The Morgan fingerprint density at radius 2 is 2.36 bits per heavy atom. The van der Waals surface area contributed by atoms with E-state index in [1.54, 1.807) is 0 Å². The second-order valence-corrected chi connectivity index (χ2v) is 3.99. The van der Waals surface area contributed by atoms with Gasteiger partial charge < -0.3 is 4.74 Å². The lowest BCUT2D eigenvalue weighted by Crippen LogP contribution is -2.23. The number of rotatable bonds is 3. The molecule has 14 heavy (non-hydrogen) atoms. The van der Waals surface area contributed by atoms with Crippen LogP contribution in [0.5, 0.6) is 0 Å². The Bertz CT molecular complexity index is 297. The first kappa shape index (κ1) is 9.65. The van der Waals surface area contributed by atoms with Crippen molar-refractivity contribution in [1.29, 1.82) is 0 Å². The number of hydrogen-bond acceptors (Lipinski definition) is 3. The van der Waals surface area contributed by atoms with Crippen molar-refractivity contribution < 1.29 is 9.53 Å². The van der Waals surface area contributed by atoms with E-state index in [0.717, 1.165) is 0 Å². The second-order valence-electron chi connectivity index (χ2n) is 3.56. The van der Waals surface area contributed by atoms with E-state index in [-0.39, 0.29) is 0 Å². The maximum Gasteiger partial charge on any atom is 0.290 e. The standard InChI is InChI=1S/C9H11ClN2O2/c10-8-7(4-11-12-9(8)13)14-5-6-2-1-3-6/h4,6,8H,1-3,5H2. The zero-order valence-corrected chi connectivity index (χ0v) is 8.41. The molecule has 1 atom stereocenters. The number of ether oxygens (including phenoxy) is 1. The Morgan fingerprint density at radius 1 is 1.57 bits per heavy atom. The van der Waals surface area contributed by atoms with Crippen LogP contribution in [0.2, 0.25) is 0 Å². The quantitative estimate of drug-likeness (QED) is 0.677. The molecule has 0 aromatic rings. The van der Waals surface area contributed by atoms with Crippen molar-refractivity contribution in [3.8, 4) is 0 Å². The van der Waals surface area contributed by atoms with Crippen LogP contribution in [-0.4, -0.2) is 17.9 Å². The third-order valence-electron chi connectivity index (χ3n) is 2.52. The number of carbonyl (C=O) groups is 1. The molecule has 0 spiro atoms. The van der Waals surface area contributed by atoms with Crippen molar-refractivity contribution in [2.24, 2.45) is 16.1 Å². The van der Waals surface area contributed by atoms with Crippen molar-refractivity contribution in [2.45, 2.75) is 24.6 Å². The highest BCUT2D eigenvalue weighted by atomic mass is 35.5. The van der Waals surface area contributed by atoms with Gasteiger partial charge in [-0.3, -0.25) is 4.79 Å². The van der Waals surface area contributed by atoms with Gasteiger partial charge in [0, 0.05) is 0 Å². The fourth-order valence-electron chi connectivity index (χ4n) is 1.36. The Morgan fingerprint density at radius 3 is 3.00 bits per heavy atom. The second kappa shape index (κ2) is 4.09. The maximum absolute atomic E-state index is 11.0. The van der Waals surface area contributed by atoms with Crippen LogP contribution >= 0.6 is 11.6 Å². The maximum atomic E-state index is 11.0. The molecule has 1 saturated carbocycles. The fraction of sp³-hybridized carbons (Fsp3) is 0.667. The molecular formula is C9H11ClN2O2. The molecule has 1 amide bonds. The molecule has 0 saturated heterocycles. The average molecular weight is 215 g/mol. The lowest BCUT2D eigenvalue weighted by molar-refractivity contribution is -0.118. The predicted octanol–water partition coefficient (Wildman–Crippen LogP) is 2.24. The van der Waals surface area contributed by atoms with Crippen LogP contribution in [0.25, 0.3) is 0 Å². The van der Waals surface area contributed by atoms with Gasteiger partial charge in [-0.05, 0) is 18.8 Å². The van der Waals surface area contributed by atoms with Crippen molar-refractivity contribution in [3.05, 3.63) is 12.0 Å². The topological polar surface area (TPSA) is 51.0 Å². The molecule has 0 aromatic heterocycles. The van der Waals surface area contributed by atoms with Crippen molar-refractivity contribution in [3.63, 3.8) is 0 Å². The SMILES string of the molecule is O=C1N=NC=C(OCC2CCC2)C1Cl. The highest BCUT2D eigenvalue weighted by Gasteiger charge is 2.26. The van der Waals surface area contributed by atoms with Gasteiger partial charge in [0.25, 0.3) is 5.91 Å². The number of carbonyl (C=O) groups excluding carboxylic acids is 1. The third kappa shape index (κ3) is 1.95. The Labute approximate surface area is 87.0 Å². The summed E-state index contributed by atoms with van der Waals surface area (Å²) in [5.41, 5.74) is 0. The zero-order chi connectivity index (χ0) is 9.97. The van der Waals surface area contributed by atoms with Crippen LogP contribution in [0.4, 0.5) is 0 Å². The largest absolute Gasteiger partial charge is 0.494 e. The van der Waals surface area contributed by atoms with E-state index in [4.69, 9.17) is 16.3 Å². The minimum atomic E-state index is -0.785. The van der Waals surface area contributed by atoms with Gasteiger partial charge in [-0.2, -0.15) is 5.11 Å². The normalized spacial score (nSPS) is 27.1. The third-order valence-corrected chi connectivity index (χ3v) is 2.92. The molecule has 0 bridgehead atoms. The smallest absolute Gasteiger partial charge is 0.290 e. The van der Waals surface area contributed by atoms with Crippen LogP contribution in [0.1, 0.15) is 19.3 Å². The summed E-state index contributed by atoms with van der Waals surface area (Å²) < 4.78 is 5.42. The minimum Gasteiger partial charge on any atom is -0.494 e. The van der Waals surface area contributed by atoms with E-state index < -0.39 is 11.3 Å². The van der Waals surface area contributed by atoms with Crippen LogP contribution < -0.4 is 0 Å². The number of azo groups is 1. The summed E-state index contributed by atoms with van der Waals surface area (Å²) in [6, 6.07) is 0. The molecule has 1 fully saturated rings. The molecule has 0 radical (unpaired) electrons. The summed E-state index contributed by atoms with van der Waals surface area (Å²) >= 11 is 5.78. The molecular weight excluding hydrogens is 204 g/mol. The Balaban J connectivity index is 1.86. The Kier molecular flexibility index (Phi) is 2.82. The molecule has 0 N–H and O–H groups in total. The van der Waals surface area contributed by atoms with Gasteiger partial charge >= 0.3 is 0 Å². The van der Waals surface area contributed by atoms with Gasteiger partial charge in [0.1, 0.15) is 5.76 Å². The molecule has 1 heterocycles. The first-order valence-corrected chi connectivity index (χ1v) is 5.12. The molecule has 2 aliphatic rings. The van der Waals surface area contributed by atoms with E-state index in [0.29, 0.717) is 18.3 Å². The Hall–Kier alpha value is -0.900. The number of nitrogens with zero attached hydrogens (tertiary/aromatic N) is 2. The molecule has 5 heteroatoms. The minimum absolute atomic E-state index is 0.429. The van der Waals surface area contributed by atoms with Crippen molar-refractivity contribution in [2.75, 3.05) is 6.61 Å². The summed E-state index contributed by atoms with van der Waals surface area (Å²) in [6.45, 7) is 0.637. The summed E-state index contributed by atoms with van der Waals surface area (Å²) in [5, 5.41) is 6.05. The van der Waals surface area contributed by atoms with Gasteiger partial charge in [0.2, 0.25) is 0 Å². The van der Waals surface area contributed by atoms with Gasteiger partial charge in [0.05, 0.1) is 12.8 Å². The van der Waals surface area contributed by atoms with Gasteiger partial charge in [0.15, 0.2) is 5.38 Å².